The van der Waals surface area contributed by atoms with Gasteiger partial charge >= 0.3 is 0 Å². The average Bonchev–Trinajstić information content (AvgIpc) is 2.53. The lowest BCUT2D eigenvalue weighted by molar-refractivity contribution is 1.02. The summed E-state index contributed by atoms with van der Waals surface area (Å²) < 4.78 is 2.58. The molecule has 0 saturated heterocycles. The lowest BCUT2D eigenvalue weighted by Gasteiger charge is -1.95. The van der Waals surface area contributed by atoms with Crippen LogP contribution in [-0.2, 0) is 0 Å². The maximum atomic E-state index is 4.07. The topological polar surface area (TPSA) is 17.8 Å². The number of halogens is 1. The van der Waals surface area contributed by atoms with E-state index in [1.807, 2.05) is 30.5 Å². The van der Waals surface area contributed by atoms with Gasteiger partial charge in [0.2, 0.25) is 0 Å². The van der Waals surface area contributed by atoms with Crippen molar-refractivity contribution < 1.29 is 0 Å². The molecule has 66 valence electrons. The Kier molecular flexibility index (Phi) is 2.42. The molecule has 1 aromatic heterocycles. The molecule has 0 spiro atoms. The third kappa shape index (κ3) is 1.95. The summed E-state index contributed by atoms with van der Waals surface area (Å²) >= 11 is 7.46. The average molecular weight is 255 g/mol. The normalized spacial score (nSPS) is 10.3. The van der Waals surface area contributed by atoms with E-state index in [0.29, 0.717) is 0 Å². The van der Waals surface area contributed by atoms with E-state index < -0.39 is 0 Å². The highest BCUT2D eigenvalue weighted by Gasteiger charge is 1.99. The number of hydrogen-bond donors (Lipinski definition) is 1. The van der Waals surface area contributed by atoms with E-state index in [2.05, 4.69) is 33.8 Å². The fraction of sp³-hybridized carbons (Fsp3) is 0. The van der Waals surface area contributed by atoms with E-state index in [9.17, 15) is 0 Å². The molecule has 1 aromatic carbocycles. The molecule has 4 heteroatoms. The second-order valence-electron chi connectivity index (χ2n) is 2.66. The molecular weight excluding hydrogens is 248 g/mol. The molecule has 0 N–H and O–H groups in total. The van der Waals surface area contributed by atoms with Crippen LogP contribution in [0, 0.1) is 0 Å². The molecule has 0 unspecified atom stereocenters. The van der Waals surface area contributed by atoms with E-state index in [1.54, 1.807) is 6.20 Å². The maximum Gasteiger partial charge on any atom is 0.0578 e. The van der Waals surface area contributed by atoms with Crippen LogP contribution < -0.4 is 0 Å². The Balaban J connectivity index is 2.41. The Bertz CT molecular complexity index is 408. The second kappa shape index (κ2) is 3.55. The first kappa shape index (κ1) is 8.84. The highest BCUT2D eigenvalue weighted by atomic mass is 79.9. The fourth-order valence-electron chi connectivity index (χ4n) is 1.10. The zero-order valence-corrected chi connectivity index (χ0v) is 9.16. The lowest BCUT2D eigenvalue weighted by Crippen LogP contribution is -1.75. The summed E-state index contributed by atoms with van der Waals surface area (Å²) in [4.78, 5) is 0. The quantitative estimate of drug-likeness (QED) is 0.775. The minimum Gasteiger partial charge on any atom is -0.217 e. The van der Waals surface area contributed by atoms with Gasteiger partial charge in [-0.25, -0.2) is 4.09 Å². The van der Waals surface area contributed by atoms with Crippen LogP contribution in [0.5, 0.6) is 0 Å². The predicted molar refractivity (Wildman–Crippen MR) is 59.7 cm³/mol. The molecule has 0 amide bonds. The van der Waals surface area contributed by atoms with Crippen LogP contribution in [0.15, 0.2) is 41.1 Å². The highest BCUT2D eigenvalue weighted by Crippen LogP contribution is 2.20. The van der Waals surface area contributed by atoms with Crippen LogP contribution in [0.3, 0.4) is 0 Å². The molecule has 0 aliphatic rings. The van der Waals surface area contributed by atoms with Crippen LogP contribution in [0.2, 0.25) is 0 Å². The third-order valence-corrected chi connectivity index (χ3v) is 2.49. The first-order valence-electron chi connectivity index (χ1n) is 3.75. The number of hydrogen-bond acceptors (Lipinski definition) is 2. The first-order valence-corrected chi connectivity index (χ1v) is 4.95. The summed E-state index contributed by atoms with van der Waals surface area (Å²) in [5, 5.41) is 3.98. The molecule has 0 radical (unpaired) electrons. The van der Waals surface area contributed by atoms with Gasteiger partial charge in [0.25, 0.3) is 0 Å². The van der Waals surface area contributed by atoms with E-state index in [-0.39, 0.29) is 0 Å². The van der Waals surface area contributed by atoms with Crippen molar-refractivity contribution >= 4 is 28.7 Å². The smallest absolute Gasteiger partial charge is 0.0578 e. The van der Waals surface area contributed by atoms with Crippen LogP contribution >= 0.6 is 28.7 Å². The standard InChI is InChI=1S/C9H7BrN2S/c10-9-3-1-7(2-4-9)8-5-11-12(13)6-8/h1-6,13H. The van der Waals surface area contributed by atoms with Crippen molar-refractivity contribution in [2.75, 3.05) is 0 Å². The molecule has 2 rings (SSSR count). The van der Waals surface area contributed by atoms with E-state index >= 15 is 0 Å². The first-order chi connectivity index (χ1) is 6.25. The Labute approximate surface area is 90.3 Å². The van der Waals surface area contributed by atoms with Gasteiger partial charge in [0.15, 0.2) is 0 Å². The molecule has 2 aromatic rings. The third-order valence-electron chi connectivity index (χ3n) is 1.75. The largest absolute Gasteiger partial charge is 0.217 e. The zero-order chi connectivity index (χ0) is 9.26. The Hall–Kier alpha value is -0.740. The minimum atomic E-state index is 1.07. The minimum absolute atomic E-state index is 1.07. The Morgan fingerprint density at radius 2 is 1.85 bits per heavy atom. The summed E-state index contributed by atoms with van der Waals surface area (Å²) in [5.74, 6) is 0. The van der Waals surface area contributed by atoms with Gasteiger partial charge in [-0.05, 0) is 30.5 Å². The predicted octanol–water partition coefficient (Wildman–Crippen LogP) is 3.01. The van der Waals surface area contributed by atoms with Gasteiger partial charge in [0.05, 0.1) is 6.20 Å². The van der Waals surface area contributed by atoms with Crippen molar-refractivity contribution in [2.24, 2.45) is 0 Å². The van der Waals surface area contributed by atoms with Gasteiger partial charge in [-0.3, -0.25) is 0 Å². The van der Waals surface area contributed by atoms with Crippen molar-refractivity contribution in [1.82, 2.24) is 9.19 Å². The van der Waals surface area contributed by atoms with Crippen LogP contribution in [0.4, 0.5) is 0 Å². The second-order valence-corrected chi connectivity index (χ2v) is 3.98. The van der Waals surface area contributed by atoms with Crippen molar-refractivity contribution in [3.05, 3.63) is 41.1 Å². The zero-order valence-electron chi connectivity index (χ0n) is 6.68. The highest BCUT2D eigenvalue weighted by molar-refractivity contribution is 9.10. The summed E-state index contributed by atoms with van der Waals surface area (Å²) in [6.45, 7) is 0. The number of nitrogens with zero attached hydrogens (tertiary/aromatic N) is 2. The lowest BCUT2D eigenvalue weighted by atomic mass is 10.1. The molecule has 13 heavy (non-hydrogen) atoms. The SMILES string of the molecule is Sn1cc(-c2ccc(Br)cc2)cn1. The van der Waals surface area contributed by atoms with E-state index in [4.69, 9.17) is 0 Å². The Morgan fingerprint density at radius 3 is 2.38 bits per heavy atom. The summed E-state index contributed by atoms with van der Waals surface area (Å²) in [5.41, 5.74) is 2.21. The van der Waals surface area contributed by atoms with Crippen molar-refractivity contribution in [1.29, 1.82) is 0 Å². The van der Waals surface area contributed by atoms with Crippen molar-refractivity contribution in [3.8, 4) is 11.1 Å². The number of aromatic nitrogens is 2. The molecule has 0 fully saturated rings. The molecule has 0 saturated carbocycles. The van der Waals surface area contributed by atoms with Gasteiger partial charge in [-0.15, -0.1) is 0 Å². The van der Waals surface area contributed by atoms with Crippen molar-refractivity contribution in [3.63, 3.8) is 0 Å². The van der Waals surface area contributed by atoms with E-state index in [0.717, 1.165) is 15.6 Å². The summed E-state index contributed by atoms with van der Waals surface area (Å²) in [6.07, 6.45) is 3.66. The number of rotatable bonds is 1. The van der Waals surface area contributed by atoms with Gasteiger partial charge in [0.1, 0.15) is 0 Å². The van der Waals surface area contributed by atoms with Crippen LogP contribution in [0.25, 0.3) is 11.1 Å². The van der Waals surface area contributed by atoms with Crippen LogP contribution in [-0.4, -0.2) is 9.19 Å². The number of thiol groups is 1. The van der Waals surface area contributed by atoms with Gasteiger partial charge in [0, 0.05) is 16.2 Å². The maximum absolute atomic E-state index is 4.07. The van der Waals surface area contributed by atoms with Crippen molar-refractivity contribution in [2.45, 2.75) is 0 Å². The Morgan fingerprint density at radius 1 is 1.15 bits per heavy atom. The van der Waals surface area contributed by atoms with E-state index in [1.165, 1.54) is 4.09 Å². The summed E-state index contributed by atoms with van der Waals surface area (Å²) in [6, 6.07) is 8.08. The van der Waals surface area contributed by atoms with Gasteiger partial charge in [-0.2, -0.15) is 5.10 Å². The fourth-order valence-corrected chi connectivity index (χ4v) is 1.54. The molecule has 0 bridgehead atoms. The molecule has 0 aliphatic carbocycles. The summed E-state index contributed by atoms with van der Waals surface area (Å²) in [7, 11) is 0. The molecule has 0 atom stereocenters. The molecule has 1 heterocycles. The monoisotopic (exact) mass is 254 g/mol. The number of benzene rings is 1. The molecular formula is C9H7BrN2S. The molecule has 2 nitrogen and oxygen atoms in total. The molecule has 0 aliphatic heterocycles. The van der Waals surface area contributed by atoms with Gasteiger partial charge < -0.3 is 0 Å². The van der Waals surface area contributed by atoms with Gasteiger partial charge in [-0.1, -0.05) is 28.1 Å². The van der Waals surface area contributed by atoms with Crippen LogP contribution in [0.1, 0.15) is 0 Å².